The summed E-state index contributed by atoms with van der Waals surface area (Å²) in [7, 11) is 0. The third-order valence-corrected chi connectivity index (χ3v) is 7.15. The number of pyridine rings is 2. The number of halogens is 1. The van der Waals surface area contributed by atoms with Crippen LogP contribution in [-0.4, -0.2) is 14.5 Å². The maximum absolute atomic E-state index is 4.82. The van der Waals surface area contributed by atoms with E-state index in [9.17, 15) is 0 Å². The molecule has 7 rings (SSSR count). The highest BCUT2D eigenvalue weighted by Crippen LogP contribution is 2.39. The third kappa shape index (κ3) is 2.80. The van der Waals surface area contributed by atoms with Crippen molar-refractivity contribution in [2.45, 2.75) is 12.8 Å². The van der Waals surface area contributed by atoms with Gasteiger partial charge >= 0.3 is 0 Å². The van der Waals surface area contributed by atoms with Gasteiger partial charge in [-0.1, -0.05) is 36.4 Å². The Kier molecular flexibility index (Phi) is 4.23. The zero-order valence-corrected chi connectivity index (χ0v) is 20.0. The molecule has 0 bridgehead atoms. The highest BCUT2D eigenvalue weighted by atomic mass is 79.9. The summed E-state index contributed by atoms with van der Waals surface area (Å²) >= 11 is 3.55. The minimum Gasteiger partial charge on any atom is -0.294 e. The van der Waals surface area contributed by atoms with Crippen LogP contribution in [0.5, 0.6) is 0 Å². The van der Waals surface area contributed by atoms with Crippen LogP contribution in [-0.2, 0) is 0 Å². The fraction of sp³-hybridized carbons (Fsp3) is 0.0690. The van der Waals surface area contributed by atoms with E-state index in [1.165, 1.54) is 21.9 Å². The summed E-state index contributed by atoms with van der Waals surface area (Å²) in [6, 6.07) is 21.4. The molecule has 4 nitrogen and oxygen atoms in total. The van der Waals surface area contributed by atoms with Gasteiger partial charge in [-0.25, -0.2) is 9.98 Å². The van der Waals surface area contributed by atoms with Crippen molar-refractivity contribution in [3.05, 3.63) is 123 Å². The molecule has 0 radical (unpaired) electrons. The standard InChI is InChI=1S/C29H19BrN4/c1-17-14-19(30)16-32-29(17)34-25-10-3-2-6-21(25)22-15-18(11-12-26(22)34)20-7-4-8-23-27(20)28-24(33-23)9-5-13-31-28/h2-16,20H,1H3. The molecule has 1 aliphatic heterocycles. The van der Waals surface area contributed by atoms with E-state index in [0.29, 0.717) is 0 Å². The van der Waals surface area contributed by atoms with Crippen molar-refractivity contribution in [2.75, 3.05) is 0 Å². The van der Waals surface area contributed by atoms with Gasteiger partial charge in [0, 0.05) is 39.1 Å². The molecule has 1 atom stereocenters. The molecule has 34 heavy (non-hydrogen) atoms. The van der Waals surface area contributed by atoms with Gasteiger partial charge in [0.05, 0.1) is 27.4 Å². The number of benzene rings is 2. The lowest BCUT2D eigenvalue weighted by molar-refractivity contribution is 1.04. The van der Waals surface area contributed by atoms with Gasteiger partial charge in [-0.15, -0.1) is 0 Å². The average molecular weight is 503 g/mol. The number of rotatable bonds is 2. The first-order valence-corrected chi connectivity index (χ1v) is 12.1. The van der Waals surface area contributed by atoms with Crippen LogP contribution in [0, 0.1) is 6.92 Å². The molecule has 4 heterocycles. The van der Waals surface area contributed by atoms with Crippen LogP contribution in [0.2, 0.25) is 0 Å². The van der Waals surface area contributed by atoms with Crippen molar-refractivity contribution < 1.29 is 0 Å². The summed E-state index contributed by atoms with van der Waals surface area (Å²) < 4.78 is 3.25. The molecular formula is C29H19BrN4. The van der Waals surface area contributed by atoms with Crippen molar-refractivity contribution in [1.82, 2.24) is 14.5 Å². The number of fused-ring (bicyclic) bond motifs is 5. The fourth-order valence-corrected chi connectivity index (χ4v) is 5.70. The molecule has 0 fully saturated rings. The van der Waals surface area contributed by atoms with Crippen molar-refractivity contribution in [3.8, 4) is 5.82 Å². The highest BCUT2D eigenvalue weighted by molar-refractivity contribution is 9.10. The topological polar surface area (TPSA) is 43.1 Å². The SMILES string of the molecule is Cc1cc(Br)cnc1-n1c2ccccc2c2cc(C3C=CC=C4N=c5cccnc5=C43)ccc21. The quantitative estimate of drug-likeness (QED) is 0.312. The van der Waals surface area contributed by atoms with Crippen LogP contribution in [0.3, 0.4) is 0 Å². The molecule has 0 saturated heterocycles. The summed E-state index contributed by atoms with van der Waals surface area (Å²) in [5, 5.41) is 4.38. The molecule has 0 spiro atoms. The van der Waals surface area contributed by atoms with Crippen LogP contribution in [0.15, 0.2) is 106 Å². The number of aromatic nitrogens is 3. The third-order valence-electron chi connectivity index (χ3n) is 6.71. The first-order valence-electron chi connectivity index (χ1n) is 11.3. The van der Waals surface area contributed by atoms with Gasteiger partial charge in [-0.2, -0.15) is 0 Å². The number of nitrogens with zero attached hydrogens (tertiary/aromatic N) is 4. The summed E-state index contributed by atoms with van der Waals surface area (Å²) in [4.78, 5) is 14.3. The molecule has 1 unspecified atom stereocenters. The maximum Gasteiger partial charge on any atom is 0.140 e. The molecule has 1 aliphatic carbocycles. The monoisotopic (exact) mass is 502 g/mol. The lowest BCUT2D eigenvalue weighted by atomic mass is 9.85. The number of allylic oxidation sites excluding steroid dienone is 4. The Hall–Kier alpha value is -3.83. The van der Waals surface area contributed by atoms with E-state index in [1.54, 1.807) is 0 Å². The predicted molar refractivity (Wildman–Crippen MR) is 139 cm³/mol. The Morgan fingerprint density at radius 1 is 0.912 bits per heavy atom. The Morgan fingerprint density at radius 2 is 1.79 bits per heavy atom. The zero-order chi connectivity index (χ0) is 22.8. The van der Waals surface area contributed by atoms with E-state index in [0.717, 1.165) is 43.3 Å². The molecule has 162 valence electrons. The molecule has 2 aromatic carbocycles. The van der Waals surface area contributed by atoms with Gasteiger partial charge in [0.25, 0.3) is 0 Å². The molecule has 5 aromatic rings. The highest BCUT2D eigenvalue weighted by Gasteiger charge is 2.26. The lowest BCUT2D eigenvalue weighted by Gasteiger charge is -2.19. The number of hydrogen-bond acceptors (Lipinski definition) is 3. The summed E-state index contributed by atoms with van der Waals surface area (Å²) in [6.07, 6.45) is 10.2. The molecular weight excluding hydrogens is 484 g/mol. The molecule has 0 amide bonds. The normalized spacial score (nSPS) is 16.5. The van der Waals surface area contributed by atoms with E-state index in [-0.39, 0.29) is 5.92 Å². The second-order valence-electron chi connectivity index (χ2n) is 8.73. The second-order valence-corrected chi connectivity index (χ2v) is 9.65. The predicted octanol–water partition coefficient (Wildman–Crippen LogP) is 5.67. The summed E-state index contributed by atoms with van der Waals surface area (Å²) in [5.74, 6) is 1.06. The second kappa shape index (κ2) is 7.34. The minimum atomic E-state index is 0.110. The van der Waals surface area contributed by atoms with Gasteiger partial charge in [-0.05, 0) is 76.5 Å². The van der Waals surface area contributed by atoms with Crippen molar-refractivity contribution in [3.63, 3.8) is 0 Å². The molecule has 2 aliphatic rings. The zero-order valence-electron chi connectivity index (χ0n) is 18.4. The van der Waals surface area contributed by atoms with E-state index < -0.39 is 0 Å². The first kappa shape index (κ1) is 19.6. The molecule has 3 aromatic heterocycles. The van der Waals surface area contributed by atoms with E-state index >= 15 is 0 Å². The Morgan fingerprint density at radius 3 is 2.71 bits per heavy atom. The first-order chi connectivity index (χ1) is 16.7. The molecule has 0 N–H and O–H groups in total. The lowest BCUT2D eigenvalue weighted by Crippen LogP contribution is -2.27. The van der Waals surface area contributed by atoms with Crippen LogP contribution in [0.25, 0.3) is 33.2 Å². The Bertz CT molecular complexity index is 1840. The Balaban J connectivity index is 1.49. The largest absolute Gasteiger partial charge is 0.294 e. The van der Waals surface area contributed by atoms with Crippen molar-refractivity contribution >= 4 is 43.3 Å². The van der Waals surface area contributed by atoms with E-state index in [2.05, 4.69) is 99.2 Å². The van der Waals surface area contributed by atoms with Crippen LogP contribution >= 0.6 is 15.9 Å². The van der Waals surface area contributed by atoms with E-state index in [4.69, 9.17) is 9.98 Å². The average Bonchev–Trinajstić information content (AvgIpc) is 3.40. The fourth-order valence-electron chi connectivity index (χ4n) is 5.25. The van der Waals surface area contributed by atoms with Crippen LogP contribution in [0.1, 0.15) is 17.0 Å². The van der Waals surface area contributed by atoms with Gasteiger partial charge < -0.3 is 0 Å². The number of para-hydroxylation sites is 1. The summed E-state index contributed by atoms with van der Waals surface area (Å²) in [5.41, 5.74) is 6.87. The maximum atomic E-state index is 4.82. The van der Waals surface area contributed by atoms with Crippen molar-refractivity contribution in [1.29, 1.82) is 0 Å². The van der Waals surface area contributed by atoms with Crippen LogP contribution in [0.4, 0.5) is 0 Å². The van der Waals surface area contributed by atoms with E-state index in [1.807, 2.05) is 24.5 Å². The Labute approximate surface area is 204 Å². The molecule has 5 heteroatoms. The van der Waals surface area contributed by atoms with Gasteiger partial charge in [-0.3, -0.25) is 9.55 Å². The minimum absolute atomic E-state index is 0.110. The van der Waals surface area contributed by atoms with Crippen molar-refractivity contribution in [2.24, 2.45) is 4.99 Å². The van der Waals surface area contributed by atoms with Gasteiger partial charge in [0.15, 0.2) is 0 Å². The van der Waals surface area contributed by atoms with Gasteiger partial charge in [0.2, 0.25) is 0 Å². The smallest absolute Gasteiger partial charge is 0.140 e. The number of hydrogen-bond donors (Lipinski definition) is 0. The summed E-state index contributed by atoms with van der Waals surface area (Å²) in [6.45, 7) is 2.10. The van der Waals surface area contributed by atoms with Gasteiger partial charge in [0.1, 0.15) is 5.82 Å². The number of aryl methyl sites for hydroxylation is 1. The van der Waals surface area contributed by atoms with Crippen LogP contribution < -0.4 is 10.7 Å². The molecule has 0 saturated carbocycles.